The van der Waals surface area contributed by atoms with Gasteiger partial charge < -0.3 is 24.4 Å². The Morgan fingerprint density at radius 1 is 1.39 bits per heavy atom. The van der Waals surface area contributed by atoms with E-state index in [1.54, 1.807) is 4.90 Å². The molecule has 6 heteroatoms. The molecule has 0 spiro atoms. The van der Waals surface area contributed by atoms with E-state index >= 15 is 0 Å². The summed E-state index contributed by atoms with van der Waals surface area (Å²) in [5.74, 6) is 0. The fourth-order valence-electron chi connectivity index (χ4n) is 2.40. The predicted molar refractivity (Wildman–Crippen MR) is 88.6 cm³/mol. The van der Waals surface area contributed by atoms with E-state index < -0.39 is 0 Å². The second-order valence-corrected chi connectivity index (χ2v) is 5.51. The van der Waals surface area contributed by atoms with Crippen molar-refractivity contribution >= 4 is 11.7 Å². The van der Waals surface area contributed by atoms with E-state index in [2.05, 4.69) is 5.32 Å². The number of urea groups is 1. The van der Waals surface area contributed by atoms with Crippen LogP contribution in [0.15, 0.2) is 24.3 Å². The van der Waals surface area contributed by atoms with Gasteiger partial charge in [0.2, 0.25) is 0 Å². The van der Waals surface area contributed by atoms with Crippen molar-refractivity contribution in [3.63, 3.8) is 0 Å². The van der Waals surface area contributed by atoms with Gasteiger partial charge in [0, 0.05) is 25.4 Å². The Labute approximate surface area is 137 Å². The summed E-state index contributed by atoms with van der Waals surface area (Å²) >= 11 is 0. The van der Waals surface area contributed by atoms with Gasteiger partial charge >= 0.3 is 6.03 Å². The number of hydrogen-bond acceptors (Lipinski definition) is 4. The minimum Gasteiger partial charge on any atom is -0.379 e. The molecular weight excluding hydrogens is 296 g/mol. The van der Waals surface area contributed by atoms with Crippen LogP contribution in [0.5, 0.6) is 0 Å². The molecule has 1 aromatic rings. The van der Waals surface area contributed by atoms with Crippen molar-refractivity contribution in [1.29, 1.82) is 0 Å². The number of morpholine rings is 1. The molecule has 1 N–H and O–H groups in total. The molecular formula is C17H26N2O4. The van der Waals surface area contributed by atoms with Gasteiger partial charge in [-0.2, -0.15) is 0 Å². The monoisotopic (exact) mass is 322 g/mol. The third-order valence-corrected chi connectivity index (χ3v) is 3.55. The molecule has 1 aromatic carbocycles. The molecule has 0 radical (unpaired) electrons. The SMILES string of the molecule is CCOCCOCc1cccc(NC(=O)N2CCO[C@H](C)C2)c1. The molecule has 128 valence electrons. The number of rotatable bonds is 7. The number of ether oxygens (including phenoxy) is 3. The Morgan fingerprint density at radius 2 is 2.22 bits per heavy atom. The summed E-state index contributed by atoms with van der Waals surface area (Å²) in [4.78, 5) is 14.0. The van der Waals surface area contributed by atoms with Crippen molar-refractivity contribution in [3.8, 4) is 0 Å². The highest BCUT2D eigenvalue weighted by Gasteiger charge is 2.21. The average Bonchev–Trinajstić information content (AvgIpc) is 2.55. The van der Waals surface area contributed by atoms with Crippen LogP contribution in [0.25, 0.3) is 0 Å². The molecule has 23 heavy (non-hydrogen) atoms. The summed E-state index contributed by atoms with van der Waals surface area (Å²) in [6, 6.07) is 7.62. The zero-order valence-electron chi connectivity index (χ0n) is 13.9. The van der Waals surface area contributed by atoms with Crippen LogP contribution in [0.4, 0.5) is 10.5 Å². The van der Waals surface area contributed by atoms with E-state index in [-0.39, 0.29) is 12.1 Å². The number of hydrogen-bond donors (Lipinski definition) is 1. The zero-order chi connectivity index (χ0) is 16.5. The highest BCUT2D eigenvalue weighted by molar-refractivity contribution is 5.89. The maximum Gasteiger partial charge on any atom is 0.322 e. The van der Waals surface area contributed by atoms with Gasteiger partial charge in [-0.05, 0) is 31.5 Å². The first-order valence-electron chi connectivity index (χ1n) is 8.11. The lowest BCUT2D eigenvalue weighted by Gasteiger charge is -2.31. The van der Waals surface area contributed by atoms with Crippen LogP contribution in [0.3, 0.4) is 0 Å². The summed E-state index contributed by atoms with van der Waals surface area (Å²) in [6.45, 7) is 8.13. The Morgan fingerprint density at radius 3 is 3.00 bits per heavy atom. The van der Waals surface area contributed by atoms with Crippen LogP contribution < -0.4 is 5.32 Å². The minimum atomic E-state index is -0.0884. The van der Waals surface area contributed by atoms with Crippen molar-refractivity contribution < 1.29 is 19.0 Å². The molecule has 0 bridgehead atoms. The largest absolute Gasteiger partial charge is 0.379 e. The summed E-state index contributed by atoms with van der Waals surface area (Å²) in [5, 5.41) is 2.93. The molecule has 1 aliphatic heterocycles. The van der Waals surface area contributed by atoms with Crippen LogP contribution in [0.2, 0.25) is 0 Å². The van der Waals surface area contributed by atoms with Crippen LogP contribution in [-0.2, 0) is 20.8 Å². The molecule has 0 saturated carbocycles. The van der Waals surface area contributed by atoms with Gasteiger partial charge in [0.15, 0.2) is 0 Å². The van der Waals surface area contributed by atoms with Crippen molar-refractivity contribution in [2.24, 2.45) is 0 Å². The van der Waals surface area contributed by atoms with Crippen molar-refractivity contribution in [1.82, 2.24) is 4.90 Å². The van der Waals surface area contributed by atoms with Crippen molar-refractivity contribution in [2.45, 2.75) is 26.6 Å². The van der Waals surface area contributed by atoms with Gasteiger partial charge in [-0.15, -0.1) is 0 Å². The number of amides is 2. The molecule has 2 rings (SSSR count). The van der Waals surface area contributed by atoms with E-state index in [9.17, 15) is 4.79 Å². The normalized spacial score (nSPS) is 18.0. The molecule has 6 nitrogen and oxygen atoms in total. The lowest BCUT2D eigenvalue weighted by molar-refractivity contribution is -0.00138. The Bertz CT molecular complexity index is 495. The van der Waals surface area contributed by atoms with Crippen LogP contribution in [0.1, 0.15) is 19.4 Å². The summed E-state index contributed by atoms with van der Waals surface area (Å²) in [5.41, 5.74) is 1.80. The van der Waals surface area contributed by atoms with E-state index in [1.165, 1.54) is 0 Å². The highest BCUT2D eigenvalue weighted by Crippen LogP contribution is 2.13. The fourth-order valence-corrected chi connectivity index (χ4v) is 2.40. The summed E-state index contributed by atoms with van der Waals surface area (Å²) in [7, 11) is 0. The summed E-state index contributed by atoms with van der Waals surface area (Å²) < 4.78 is 16.2. The number of nitrogens with zero attached hydrogens (tertiary/aromatic N) is 1. The molecule has 2 amide bonds. The fraction of sp³-hybridized carbons (Fsp3) is 0.588. The minimum absolute atomic E-state index is 0.0829. The maximum atomic E-state index is 12.3. The van der Waals surface area contributed by atoms with E-state index in [0.29, 0.717) is 46.1 Å². The first-order valence-corrected chi connectivity index (χ1v) is 8.11. The number of carbonyl (C=O) groups excluding carboxylic acids is 1. The molecule has 0 aliphatic carbocycles. The van der Waals surface area contributed by atoms with Gasteiger partial charge in [0.1, 0.15) is 0 Å². The van der Waals surface area contributed by atoms with Gasteiger partial charge in [-0.25, -0.2) is 4.79 Å². The molecule has 0 unspecified atom stereocenters. The first kappa shape index (κ1) is 17.7. The van der Waals surface area contributed by atoms with Gasteiger partial charge in [0.25, 0.3) is 0 Å². The zero-order valence-corrected chi connectivity index (χ0v) is 13.9. The number of carbonyl (C=O) groups is 1. The molecule has 1 fully saturated rings. The summed E-state index contributed by atoms with van der Waals surface area (Å²) in [6.07, 6.45) is 0.0829. The average molecular weight is 322 g/mol. The Balaban J connectivity index is 1.80. The predicted octanol–water partition coefficient (Wildman–Crippen LogP) is 2.49. The highest BCUT2D eigenvalue weighted by atomic mass is 16.5. The van der Waals surface area contributed by atoms with Crippen molar-refractivity contribution in [3.05, 3.63) is 29.8 Å². The quantitative estimate of drug-likeness (QED) is 0.784. The van der Waals surface area contributed by atoms with Crippen LogP contribution in [-0.4, -0.2) is 56.6 Å². The second kappa shape index (κ2) is 9.50. The number of anilines is 1. The van der Waals surface area contributed by atoms with E-state index in [0.717, 1.165) is 11.3 Å². The smallest absolute Gasteiger partial charge is 0.322 e. The molecule has 1 heterocycles. The molecule has 0 aromatic heterocycles. The Kier molecular flexibility index (Phi) is 7.32. The maximum absolute atomic E-state index is 12.3. The lowest BCUT2D eigenvalue weighted by Crippen LogP contribution is -2.46. The van der Waals surface area contributed by atoms with Gasteiger partial charge in [0.05, 0.1) is 32.5 Å². The third kappa shape index (κ3) is 6.17. The van der Waals surface area contributed by atoms with Gasteiger partial charge in [-0.1, -0.05) is 12.1 Å². The number of nitrogens with one attached hydrogen (secondary N) is 1. The topological polar surface area (TPSA) is 60.0 Å². The van der Waals surface area contributed by atoms with Gasteiger partial charge in [-0.3, -0.25) is 0 Å². The number of benzene rings is 1. The van der Waals surface area contributed by atoms with Crippen LogP contribution in [0, 0.1) is 0 Å². The molecule has 1 aliphatic rings. The standard InChI is InChI=1S/C17H26N2O4/c1-3-21-9-10-22-13-15-5-4-6-16(11-15)18-17(20)19-7-8-23-14(2)12-19/h4-6,11,14H,3,7-10,12-13H2,1-2H3,(H,18,20)/t14-/m1/s1. The van der Waals surface area contributed by atoms with Crippen LogP contribution >= 0.6 is 0 Å². The molecule has 1 atom stereocenters. The third-order valence-electron chi connectivity index (χ3n) is 3.55. The first-order chi connectivity index (χ1) is 11.2. The lowest BCUT2D eigenvalue weighted by atomic mass is 10.2. The van der Waals surface area contributed by atoms with E-state index in [1.807, 2.05) is 38.1 Å². The second-order valence-electron chi connectivity index (χ2n) is 5.51. The van der Waals surface area contributed by atoms with E-state index in [4.69, 9.17) is 14.2 Å². The Hall–Kier alpha value is -1.63. The van der Waals surface area contributed by atoms with Crippen molar-refractivity contribution in [2.75, 3.05) is 44.8 Å². The molecule has 1 saturated heterocycles.